The summed E-state index contributed by atoms with van der Waals surface area (Å²) < 4.78 is 12.6. The van der Waals surface area contributed by atoms with Gasteiger partial charge in [-0.2, -0.15) is 5.10 Å². The van der Waals surface area contributed by atoms with E-state index in [-0.39, 0.29) is 0 Å². The maximum atomic E-state index is 5.39. The van der Waals surface area contributed by atoms with E-state index >= 15 is 0 Å². The molecule has 6 nitrogen and oxygen atoms in total. The van der Waals surface area contributed by atoms with Crippen LogP contribution in [0.15, 0.2) is 24.3 Å². The summed E-state index contributed by atoms with van der Waals surface area (Å²) in [4.78, 5) is 6.94. The number of hydrogen-bond acceptors (Lipinski definition) is 5. The third kappa shape index (κ3) is 3.64. The summed E-state index contributed by atoms with van der Waals surface area (Å²) in [5.74, 6) is 2.69. The zero-order valence-corrected chi connectivity index (χ0v) is 13.2. The number of methoxy groups -OCH3 is 1. The molecule has 0 spiro atoms. The number of rotatable bonds is 5. The minimum atomic E-state index is 0.727. The molecule has 1 fully saturated rings. The summed E-state index contributed by atoms with van der Waals surface area (Å²) in [6, 6.07) is 8.07. The zero-order valence-electron chi connectivity index (χ0n) is 13.2. The Kier molecular flexibility index (Phi) is 4.70. The normalized spacial score (nSPS) is 15.9. The number of hydrogen-bond donors (Lipinski definition) is 0. The summed E-state index contributed by atoms with van der Waals surface area (Å²) in [6.07, 6.45) is 0. The monoisotopic (exact) mass is 302 g/mol. The second-order valence-corrected chi connectivity index (χ2v) is 5.47. The highest BCUT2D eigenvalue weighted by molar-refractivity contribution is 5.27. The quantitative estimate of drug-likeness (QED) is 0.837. The molecule has 1 aliphatic heterocycles. The van der Waals surface area contributed by atoms with Crippen LogP contribution >= 0.6 is 0 Å². The molecule has 2 aromatic rings. The standard InChI is InChI=1S/C16H22N4O2/c1-13-17-16(12-19-7-9-22-10-8-19)20(18-13)11-14-3-5-15(21-2)6-4-14/h3-6H,7-12H2,1-2H3. The topological polar surface area (TPSA) is 52.4 Å². The summed E-state index contributed by atoms with van der Waals surface area (Å²) >= 11 is 0. The van der Waals surface area contributed by atoms with E-state index in [2.05, 4.69) is 27.1 Å². The van der Waals surface area contributed by atoms with Gasteiger partial charge in [0.15, 0.2) is 0 Å². The summed E-state index contributed by atoms with van der Waals surface area (Å²) in [6.45, 7) is 6.98. The summed E-state index contributed by atoms with van der Waals surface area (Å²) in [5, 5.41) is 4.53. The molecule has 118 valence electrons. The van der Waals surface area contributed by atoms with Gasteiger partial charge in [0, 0.05) is 13.1 Å². The molecule has 0 atom stereocenters. The zero-order chi connectivity index (χ0) is 15.4. The fourth-order valence-corrected chi connectivity index (χ4v) is 2.61. The lowest BCUT2D eigenvalue weighted by molar-refractivity contribution is 0.0325. The highest BCUT2D eigenvalue weighted by atomic mass is 16.5. The molecule has 0 aliphatic carbocycles. The number of ether oxygens (including phenoxy) is 2. The van der Waals surface area contributed by atoms with Crippen LogP contribution in [0, 0.1) is 6.92 Å². The van der Waals surface area contributed by atoms with Crippen molar-refractivity contribution in [2.75, 3.05) is 33.4 Å². The Morgan fingerprint density at radius 1 is 1.14 bits per heavy atom. The molecule has 22 heavy (non-hydrogen) atoms. The van der Waals surface area contributed by atoms with E-state index in [0.717, 1.165) is 56.8 Å². The molecule has 3 rings (SSSR count). The molecule has 0 bridgehead atoms. The van der Waals surface area contributed by atoms with Gasteiger partial charge in [-0.1, -0.05) is 12.1 Å². The molecule has 1 saturated heterocycles. The number of nitrogens with zero attached hydrogens (tertiary/aromatic N) is 4. The van der Waals surface area contributed by atoms with E-state index < -0.39 is 0 Å². The van der Waals surface area contributed by atoms with Gasteiger partial charge in [0.2, 0.25) is 0 Å². The molecule has 1 aliphatic rings. The van der Waals surface area contributed by atoms with Crippen molar-refractivity contribution in [2.24, 2.45) is 0 Å². The van der Waals surface area contributed by atoms with Crippen LogP contribution in [-0.4, -0.2) is 53.1 Å². The van der Waals surface area contributed by atoms with Crippen LogP contribution in [0.25, 0.3) is 0 Å². The van der Waals surface area contributed by atoms with E-state index in [1.807, 2.05) is 23.7 Å². The van der Waals surface area contributed by atoms with Gasteiger partial charge in [-0.15, -0.1) is 0 Å². The summed E-state index contributed by atoms with van der Waals surface area (Å²) in [5.41, 5.74) is 1.19. The number of aryl methyl sites for hydroxylation is 1. The molecule has 6 heteroatoms. The van der Waals surface area contributed by atoms with Crippen LogP contribution in [0.2, 0.25) is 0 Å². The molecular formula is C16H22N4O2. The Hall–Kier alpha value is -1.92. The minimum absolute atomic E-state index is 0.727. The van der Waals surface area contributed by atoms with Crippen LogP contribution < -0.4 is 4.74 Å². The summed E-state index contributed by atoms with van der Waals surface area (Å²) in [7, 11) is 1.68. The van der Waals surface area contributed by atoms with Gasteiger partial charge in [0.05, 0.1) is 33.4 Å². The van der Waals surface area contributed by atoms with Crippen molar-refractivity contribution < 1.29 is 9.47 Å². The Morgan fingerprint density at radius 2 is 1.86 bits per heavy atom. The Balaban J connectivity index is 1.72. The van der Waals surface area contributed by atoms with Gasteiger partial charge in [0.25, 0.3) is 0 Å². The fraction of sp³-hybridized carbons (Fsp3) is 0.500. The molecule has 2 heterocycles. The Bertz CT molecular complexity index is 603. The highest BCUT2D eigenvalue weighted by Crippen LogP contribution is 2.13. The predicted octanol–water partition coefficient (Wildman–Crippen LogP) is 1.48. The molecule has 0 unspecified atom stereocenters. The highest BCUT2D eigenvalue weighted by Gasteiger charge is 2.15. The first-order chi connectivity index (χ1) is 10.7. The number of morpholine rings is 1. The van der Waals surface area contributed by atoms with Gasteiger partial charge >= 0.3 is 0 Å². The SMILES string of the molecule is COc1ccc(Cn2nc(C)nc2CN2CCOCC2)cc1. The van der Waals surface area contributed by atoms with Crippen LogP contribution in [0.3, 0.4) is 0 Å². The van der Waals surface area contributed by atoms with Gasteiger partial charge in [-0.3, -0.25) is 4.90 Å². The maximum absolute atomic E-state index is 5.39. The van der Waals surface area contributed by atoms with Crippen molar-refractivity contribution in [1.82, 2.24) is 19.7 Å². The lowest BCUT2D eigenvalue weighted by Crippen LogP contribution is -2.36. The Labute approximate surface area is 130 Å². The van der Waals surface area contributed by atoms with Gasteiger partial charge in [-0.05, 0) is 24.6 Å². The average Bonchev–Trinajstić information content (AvgIpc) is 2.88. The molecule has 1 aromatic carbocycles. The first-order valence-electron chi connectivity index (χ1n) is 7.58. The molecule has 1 aromatic heterocycles. The van der Waals surface area contributed by atoms with Crippen LogP contribution in [0.5, 0.6) is 5.75 Å². The van der Waals surface area contributed by atoms with Crippen molar-refractivity contribution in [3.05, 3.63) is 41.5 Å². The van der Waals surface area contributed by atoms with Crippen molar-refractivity contribution in [3.63, 3.8) is 0 Å². The van der Waals surface area contributed by atoms with E-state index in [0.29, 0.717) is 0 Å². The molecule has 0 N–H and O–H groups in total. The van der Waals surface area contributed by atoms with E-state index in [1.54, 1.807) is 7.11 Å². The van der Waals surface area contributed by atoms with Crippen molar-refractivity contribution in [3.8, 4) is 5.75 Å². The lowest BCUT2D eigenvalue weighted by atomic mass is 10.2. The second kappa shape index (κ2) is 6.89. The molecule has 0 radical (unpaired) electrons. The van der Waals surface area contributed by atoms with Gasteiger partial charge in [0.1, 0.15) is 17.4 Å². The van der Waals surface area contributed by atoms with Crippen LogP contribution in [-0.2, 0) is 17.8 Å². The average molecular weight is 302 g/mol. The third-order valence-corrected chi connectivity index (χ3v) is 3.81. The van der Waals surface area contributed by atoms with E-state index in [4.69, 9.17) is 9.47 Å². The van der Waals surface area contributed by atoms with Crippen molar-refractivity contribution in [1.29, 1.82) is 0 Å². The third-order valence-electron chi connectivity index (χ3n) is 3.81. The van der Waals surface area contributed by atoms with Gasteiger partial charge in [-0.25, -0.2) is 9.67 Å². The second-order valence-electron chi connectivity index (χ2n) is 5.47. The largest absolute Gasteiger partial charge is 0.497 e. The molecule has 0 amide bonds. The van der Waals surface area contributed by atoms with E-state index in [9.17, 15) is 0 Å². The maximum Gasteiger partial charge on any atom is 0.147 e. The number of benzene rings is 1. The fourth-order valence-electron chi connectivity index (χ4n) is 2.61. The number of aromatic nitrogens is 3. The van der Waals surface area contributed by atoms with Crippen molar-refractivity contribution >= 4 is 0 Å². The minimum Gasteiger partial charge on any atom is -0.497 e. The Morgan fingerprint density at radius 3 is 2.55 bits per heavy atom. The van der Waals surface area contributed by atoms with Crippen LogP contribution in [0.4, 0.5) is 0 Å². The molecular weight excluding hydrogens is 280 g/mol. The lowest BCUT2D eigenvalue weighted by Gasteiger charge is -2.26. The smallest absolute Gasteiger partial charge is 0.147 e. The predicted molar refractivity (Wildman–Crippen MR) is 83.0 cm³/mol. The van der Waals surface area contributed by atoms with Crippen LogP contribution in [0.1, 0.15) is 17.2 Å². The van der Waals surface area contributed by atoms with Crippen molar-refractivity contribution in [2.45, 2.75) is 20.0 Å². The van der Waals surface area contributed by atoms with Gasteiger partial charge < -0.3 is 9.47 Å². The molecule has 0 saturated carbocycles. The first-order valence-corrected chi connectivity index (χ1v) is 7.58. The van der Waals surface area contributed by atoms with E-state index in [1.165, 1.54) is 5.56 Å². The first kappa shape index (κ1) is 15.0.